The first-order valence-electron chi connectivity index (χ1n) is 5.75. The number of benzene rings is 1. The van der Waals surface area contributed by atoms with Crippen molar-refractivity contribution in [3.63, 3.8) is 0 Å². The molecule has 0 amide bonds. The highest BCUT2D eigenvalue weighted by atomic mass is 79.9. The summed E-state index contributed by atoms with van der Waals surface area (Å²) in [6.07, 6.45) is -0.214. The van der Waals surface area contributed by atoms with E-state index in [9.17, 15) is 4.39 Å². The molecule has 1 saturated heterocycles. The summed E-state index contributed by atoms with van der Waals surface area (Å²) >= 11 is 3.36. The zero-order chi connectivity index (χ0) is 12.5. The van der Waals surface area contributed by atoms with Crippen LogP contribution in [-0.4, -0.2) is 19.7 Å². The van der Waals surface area contributed by atoms with Crippen LogP contribution in [-0.2, 0) is 4.74 Å². The number of hydrogen-bond acceptors (Lipinski definition) is 2. The molecule has 0 saturated carbocycles. The van der Waals surface area contributed by atoms with Gasteiger partial charge in [0.1, 0.15) is 5.82 Å². The number of halogens is 2. The molecule has 2 rings (SSSR count). The van der Waals surface area contributed by atoms with Crippen LogP contribution < -0.4 is 5.32 Å². The average Bonchev–Trinajstić information content (AvgIpc) is 2.43. The molecule has 0 spiro atoms. The molecule has 94 valence electrons. The van der Waals surface area contributed by atoms with Crippen LogP contribution in [0.25, 0.3) is 0 Å². The Balaban J connectivity index is 2.19. The Morgan fingerprint density at radius 2 is 2.24 bits per heavy atom. The molecule has 1 aliphatic rings. The molecule has 4 heteroatoms. The highest BCUT2D eigenvalue weighted by Gasteiger charge is 2.26. The maximum absolute atomic E-state index is 13.8. The van der Waals surface area contributed by atoms with E-state index in [0.717, 1.165) is 11.0 Å². The predicted molar refractivity (Wildman–Crippen MR) is 69.4 cm³/mol. The summed E-state index contributed by atoms with van der Waals surface area (Å²) in [4.78, 5) is 0. The van der Waals surface area contributed by atoms with Gasteiger partial charge in [-0.2, -0.15) is 0 Å². The first-order chi connectivity index (χ1) is 7.98. The van der Waals surface area contributed by atoms with Gasteiger partial charge in [-0.3, -0.25) is 0 Å². The van der Waals surface area contributed by atoms with E-state index in [2.05, 4.69) is 35.1 Å². The molecular formula is C13H17BrFNO. The topological polar surface area (TPSA) is 21.3 Å². The minimum absolute atomic E-state index is 0.0945. The minimum Gasteiger partial charge on any atom is -0.371 e. The van der Waals surface area contributed by atoms with E-state index in [1.54, 1.807) is 12.1 Å². The molecule has 1 aromatic carbocycles. The lowest BCUT2D eigenvalue weighted by atomic mass is 9.95. The van der Waals surface area contributed by atoms with Crippen molar-refractivity contribution in [3.05, 3.63) is 34.1 Å². The third-order valence-corrected chi connectivity index (χ3v) is 3.41. The fourth-order valence-electron chi connectivity index (χ4n) is 1.94. The first kappa shape index (κ1) is 13.0. The lowest BCUT2D eigenvalue weighted by molar-refractivity contribution is 0.0241. The minimum atomic E-state index is -0.214. The van der Waals surface area contributed by atoms with Crippen molar-refractivity contribution in [1.82, 2.24) is 5.32 Å². The maximum Gasteiger partial charge on any atom is 0.129 e. The van der Waals surface area contributed by atoms with Crippen LogP contribution in [0.4, 0.5) is 4.39 Å². The first-order valence-corrected chi connectivity index (χ1v) is 6.54. The van der Waals surface area contributed by atoms with Crippen molar-refractivity contribution in [3.8, 4) is 0 Å². The van der Waals surface area contributed by atoms with Gasteiger partial charge in [0.25, 0.3) is 0 Å². The molecule has 2 nitrogen and oxygen atoms in total. The van der Waals surface area contributed by atoms with Gasteiger partial charge in [0, 0.05) is 28.5 Å². The van der Waals surface area contributed by atoms with Crippen molar-refractivity contribution in [2.45, 2.75) is 20.0 Å². The van der Waals surface area contributed by atoms with Gasteiger partial charge in [-0.15, -0.1) is 0 Å². The molecule has 0 bridgehead atoms. The van der Waals surface area contributed by atoms with Gasteiger partial charge in [0.2, 0.25) is 0 Å². The monoisotopic (exact) mass is 301 g/mol. The molecule has 1 aromatic rings. The summed E-state index contributed by atoms with van der Waals surface area (Å²) in [6.45, 7) is 6.45. The summed E-state index contributed by atoms with van der Waals surface area (Å²) in [5.41, 5.74) is 0.710. The Labute approximate surface area is 110 Å². The second kappa shape index (κ2) is 5.04. The van der Waals surface area contributed by atoms with Crippen LogP contribution in [0.3, 0.4) is 0 Å². The van der Waals surface area contributed by atoms with E-state index in [1.807, 2.05) is 0 Å². The van der Waals surface area contributed by atoms with E-state index < -0.39 is 0 Å². The zero-order valence-electron chi connectivity index (χ0n) is 10.1. The number of rotatable bonds is 1. The molecule has 1 heterocycles. The van der Waals surface area contributed by atoms with Crippen LogP contribution in [0.15, 0.2) is 22.7 Å². The van der Waals surface area contributed by atoms with Gasteiger partial charge in [-0.25, -0.2) is 4.39 Å². The molecule has 1 aliphatic heterocycles. The summed E-state index contributed by atoms with van der Waals surface area (Å²) in [7, 11) is 0. The molecule has 1 fully saturated rings. The number of ether oxygens (including phenoxy) is 1. The van der Waals surface area contributed by atoms with Gasteiger partial charge in [-0.1, -0.05) is 29.8 Å². The summed E-state index contributed by atoms with van der Waals surface area (Å²) in [6, 6.07) is 4.96. The maximum atomic E-state index is 13.8. The smallest absolute Gasteiger partial charge is 0.129 e. The Kier molecular flexibility index (Phi) is 3.85. The van der Waals surface area contributed by atoms with Crippen molar-refractivity contribution in [2.75, 3.05) is 19.7 Å². The highest BCUT2D eigenvalue weighted by Crippen LogP contribution is 2.28. The molecule has 17 heavy (non-hydrogen) atoms. The molecule has 1 N–H and O–H groups in total. The molecule has 0 aromatic heterocycles. The Morgan fingerprint density at radius 1 is 1.47 bits per heavy atom. The largest absolute Gasteiger partial charge is 0.371 e. The van der Waals surface area contributed by atoms with Crippen molar-refractivity contribution in [2.24, 2.45) is 5.41 Å². The van der Waals surface area contributed by atoms with Gasteiger partial charge >= 0.3 is 0 Å². The average molecular weight is 302 g/mol. The summed E-state index contributed by atoms with van der Waals surface area (Å²) < 4.78 is 20.4. The number of hydrogen-bond donors (Lipinski definition) is 1. The second-order valence-corrected chi connectivity index (χ2v) is 6.18. The quantitative estimate of drug-likeness (QED) is 0.859. The Hall–Kier alpha value is -0.450. The predicted octanol–water partition coefficient (Wildman–Crippen LogP) is 3.28. The van der Waals surface area contributed by atoms with Gasteiger partial charge < -0.3 is 10.1 Å². The fourth-order valence-corrected chi connectivity index (χ4v) is 2.32. The van der Waals surface area contributed by atoms with Crippen molar-refractivity contribution < 1.29 is 9.13 Å². The Morgan fingerprint density at radius 3 is 3.00 bits per heavy atom. The van der Waals surface area contributed by atoms with Crippen LogP contribution in [0.2, 0.25) is 0 Å². The third-order valence-electron chi connectivity index (χ3n) is 2.91. The highest BCUT2D eigenvalue weighted by molar-refractivity contribution is 9.10. The van der Waals surface area contributed by atoms with Crippen molar-refractivity contribution in [1.29, 1.82) is 0 Å². The fraction of sp³-hybridized carbons (Fsp3) is 0.538. The lowest BCUT2D eigenvalue weighted by Gasteiger charge is -2.21. The second-order valence-electron chi connectivity index (χ2n) is 5.26. The van der Waals surface area contributed by atoms with E-state index in [0.29, 0.717) is 18.7 Å². The van der Waals surface area contributed by atoms with Gasteiger partial charge in [-0.05, 0) is 18.2 Å². The third kappa shape index (κ3) is 3.27. The van der Waals surface area contributed by atoms with Gasteiger partial charge in [0.15, 0.2) is 0 Å². The molecule has 0 radical (unpaired) electrons. The normalized spacial score (nSPS) is 24.4. The molecular weight excluding hydrogens is 285 g/mol. The summed E-state index contributed by atoms with van der Waals surface area (Å²) in [5.74, 6) is -0.209. The molecule has 1 unspecified atom stereocenters. The van der Waals surface area contributed by atoms with Crippen LogP contribution in [0.5, 0.6) is 0 Å². The SMILES string of the molecule is CC1(C)CNCC(c2cc(Br)ccc2F)OC1. The zero-order valence-corrected chi connectivity index (χ0v) is 11.7. The lowest BCUT2D eigenvalue weighted by Crippen LogP contribution is -2.29. The van der Waals surface area contributed by atoms with E-state index in [-0.39, 0.29) is 17.3 Å². The van der Waals surface area contributed by atoms with Crippen molar-refractivity contribution >= 4 is 15.9 Å². The Bertz CT molecular complexity index is 408. The van der Waals surface area contributed by atoms with Crippen LogP contribution >= 0.6 is 15.9 Å². The summed E-state index contributed by atoms with van der Waals surface area (Å²) in [5, 5.41) is 3.33. The van der Waals surface area contributed by atoms with E-state index >= 15 is 0 Å². The van der Waals surface area contributed by atoms with Crippen LogP contribution in [0.1, 0.15) is 25.5 Å². The molecule has 0 aliphatic carbocycles. The number of nitrogens with one attached hydrogen (secondary N) is 1. The van der Waals surface area contributed by atoms with Crippen LogP contribution in [0, 0.1) is 11.2 Å². The van der Waals surface area contributed by atoms with E-state index in [1.165, 1.54) is 6.07 Å². The van der Waals surface area contributed by atoms with Gasteiger partial charge in [0.05, 0.1) is 12.7 Å². The standard InChI is InChI=1S/C13H17BrFNO/c1-13(2)7-16-6-12(17-8-13)10-5-9(14)3-4-11(10)15/h3-5,12,16H,6-8H2,1-2H3. The molecule has 1 atom stereocenters. The van der Waals surface area contributed by atoms with E-state index in [4.69, 9.17) is 4.74 Å².